The van der Waals surface area contributed by atoms with Gasteiger partial charge in [0.1, 0.15) is 18.1 Å². The number of piperidine rings is 1. The quantitative estimate of drug-likeness (QED) is 0.730. The Morgan fingerprint density at radius 1 is 1.12 bits per heavy atom. The predicted molar refractivity (Wildman–Crippen MR) is 120 cm³/mol. The lowest BCUT2D eigenvalue weighted by molar-refractivity contribution is -0.127. The van der Waals surface area contributed by atoms with Crippen LogP contribution in [0.5, 0.6) is 5.75 Å². The second-order valence-electron chi connectivity index (χ2n) is 9.02. The summed E-state index contributed by atoms with van der Waals surface area (Å²) in [5.41, 5.74) is 2.20. The van der Waals surface area contributed by atoms with Crippen molar-refractivity contribution in [2.75, 3.05) is 13.1 Å². The highest BCUT2D eigenvalue weighted by molar-refractivity contribution is 5.97. The first-order chi connectivity index (χ1) is 15.5. The van der Waals surface area contributed by atoms with Crippen LogP contribution in [0.25, 0.3) is 0 Å². The van der Waals surface area contributed by atoms with Crippen molar-refractivity contribution in [2.45, 2.75) is 71.4 Å². The van der Waals surface area contributed by atoms with Gasteiger partial charge in [-0.3, -0.25) is 9.59 Å². The van der Waals surface area contributed by atoms with Crippen LogP contribution < -0.4 is 10.1 Å². The minimum absolute atomic E-state index is 0.0884. The van der Waals surface area contributed by atoms with Crippen LogP contribution >= 0.6 is 0 Å². The second-order valence-corrected chi connectivity index (χ2v) is 9.02. The van der Waals surface area contributed by atoms with Gasteiger partial charge in [0.15, 0.2) is 0 Å². The summed E-state index contributed by atoms with van der Waals surface area (Å²) in [4.78, 5) is 28.0. The molecule has 0 unspecified atom stereocenters. The maximum atomic E-state index is 13.4. The van der Waals surface area contributed by atoms with Gasteiger partial charge in [-0.05, 0) is 51.7 Å². The number of hydrogen-bond donors (Lipinski definition) is 1. The van der Waals surface area contributed by atoms with E-state index in [4.69, 9.17) is 9.26 Å². The molecule has 0 spiro atoms. The van der Waals surface area contributed by atoms with Crippen molar-refractivity contribution in [3.63, 3.8) is 0 Å². The summed E-state index contributed by atoms with van der Waals surface area (Å²) in [6.45, 7) is 5.12. The number of para-hydroxylation sites is 1. The number of amides is 2. The molecule has 2 aliphatic rings. The Balaban J connectivity index is 1.40. The number of nitrogens with zero attached hydrogens (tertiary/aromatic N) is 2. The van der Waals surface area contributed by atoms with Crippen LogP contribution in [0.1, 0.15) is 72.3 Å². The summed E-state index contributed by atoms with van der Waals surface area (Å²) in [5.74, 6) is 1.11. The molecule has 0 radical (unpaired) electrons. The number of carbonyl (C=O) groups excluding carboxylic acids is 2. The maximum absolute atomic E-state index is 13.4. The third kappa shape index (κ3) is 5.14. The lowest BCUT2D eigenvalue weighted by atomic mass is 9.92. The molecule has 2 aromatic rings. The zero-order valence-electron chi connectivity index (χ0n) is 19.1. The largest absolute Gasteiger partial charge is 0.488 e. The van der Waals surface area contributed by atoms with E-state index in [2.05, 4.69) is 10.5 Å². The van der Waals surface area contributed by atoms with Crippen molar-refractivity contribution < 1.29 is 18.8 Å². The molecule has 4 rings (SSSR count). The molecular weight excluding hydrogens is 406 g/mol. The molecule has 1 aromatic heterocycles. The zero-order valence-corrected chi connectivity index (χ0v) is 19.1. The summed E-state index contributed by atoms with van der Waals surface area (Å²) >= 11 is 0. The molecule has 1 aromatic carbocycles. The molecule has 0 bridgehead atoms. The molecule has 1 aliphatic carbocycles. The molecule has 32 heavy (non-hydrogen) atoms. The third-order valence-electron chi connectivity index (χ3n) is 6.70. The monoisotopic (exact) mass is 439 g/mol. The molecular formula is C25H33N3O4. The molecule has 1 saturated heterocycles. The van der Waals surface area contributed by atoms with E-state index in [9.17, 15) is 9.59 Å². The fourth-order valence-electron chi connectivity index (χ4n) is 4.74. The van der Waals surface area contributed by atoms with Gasteiger partial charge >= 0.3 is 0 Å². The van der Waals surface area contributed by atoms with Crippen molar-refractivity contribution in [3.8, 4) is 5.75 Å². The van der Waals surface area contributed by atoms with Gasteiger partial charge in [-0.1, -0.05) is 36.6 Å². The molecule has 2 amide bonds. The summed E-state index contributed by atoms with van der Waals surface area (Å²) in [7, 11) is 0. The molecule has 172 valence electrons. The van der Waals surface area contributed by atoms with Crippen molar-refractivity contribution in [1.29, 1.82) is 0 Å². The summed E-state index contributed by atoms with van der Waals surface area (Å²) in [5, 5.41) is 7.19. The highest BCUT2D eigenvalue weighted by Crippen LogP contribution is 2.26. The zero-order chi connectivity index (χ0) is 22.5. The van der Waals surface area contributed by atoms with E-state index in [1.807, 2.05) is 32.0 Å². The van der Waals surface area contributed by atoms with Crippen LogP contribution in [0, 0.1) is 19.8 Å². The molecule has 2 heterocycles. The van der Waals surface area contributed by atoms with E-state index in [-0.39, 0.29) is 24.3 Å². The number of hydrogen-bond acceptors (Lipinski definition) is 5. The molecule has 1 saturated carbocycles. The standard InChI is InChI=1S/C25H33N3O4/c1-17-22(18(2)32-27-17)16-31-23-13-7-6-12-21(23)25(30)28-14-8-9-19(15-28)24(29)26-20-10-4-3-5-11-20/h6-7,12-13,19-20H,3-5,8-11,14-16H2,1-2H3,(H,26,29)/t19-/m0/s1. The highest BCUT2D eigenvalue weighted by atomic mass is 16.5. The molecule has 1 N–H and O–H groups in total. The first-order valence-corrected chi connectivity index (χ1v) is 11.8. The summed E-state index contributed by atoms with van der Waals surface area (Å²) < 4.78 is 11.2. The van der Waals surface area contributed by atoms with Gasteiger partial charge in [0, 0.05) is 19.1 Å². The van der Waals surface area contributed by atoms with Gasteiger partial charge in [-0.15, -0.1) is 0 Å². The van der Waals surface area contributed by atoms with Crippen LogP contribution in [0.15, 0.2) is 28.8 Å². The van der Waals surface area contributed by atoms with E-state index >= 15 is 0 Å². The van der Waals surface area contributed by atoms with Crippen molar-refractivity contribution in [3.05, 3.63) is 46.8 Å². The average Bonchev–Trinajstić information content (AvgIpc) is 3.15. The van der Waals surface area contributed by atoms with Crippen molar-refractivity contribution in [2.24, 2.45) is 5.92 Å². The predicted octanol–water partition coefficient (Wildman–Crippen LogP) is 4.17. The fraction of sp³-hybridized carbons (Fsp3) is 0.560. The van der Waals surface area contributed by atoms with Crippen LogP contribution in [0.4, 0.5) is 0 Å². The number of ether oxygens (including phenoxy) is 1. The second kappa shape index (κ2) is 10.2. The number of nitrogens with one attached hydrogen (secondary N) is 1. The van der Waals surface area contributed by atoms with Gasteiger partial charge < -0.3 is 19.5 Å². The highest BCUT2D eigenvalue weighted by Gasteiger charge is 2.31. The Hall–Kier alpha value is -2.83. The first kappa shape index (κ1) is 22.4. The van der Waals surface area contributed by atoms with Crippen LogP contribution in [0.3, 0.4) is 0 Å². The van der Waals surface area contributed by atoms with Gasteiger partial charge in [-0.2, -0.15) is 0 Å². The normalized spacial score (nSPS) is 19.6. The summed E-state index contributed by atoms with van der Waals surface area (Å²) in [6, 6.07) is 7.59. The number of benzene rings is 1. The number of rotatable bonds is 6. The number of likely N-dealkylation sites (tertiary alicyclic amines) is 1. The van der Waals surface area contributed by atoms with Crippen LogP contribution in [-0.2, 0) is 11.4 Å². The Morgan fingerprint density at radius 3 is 2.66 bits per heavy atom. The number of aryl methyl sites for hydroxylation is 2. The van der Waals surface area contributed by atoms with E-state index in [1.54, 1.807) is 11.0 Å². The fourth-order valence-corrected chi connectivity index (χ4v) is 4.74. The van der Waals surface area contributed by atoms with E-state index in [0.29, 0.717) is 36.2 Å². The molecule has 1 atom stereocenters. The lowest BCUT2D eigenvalue weighted by Crippen LogP contribution is -2.48. The Morgan fingerprint density at radius 2 is 1.91 bits per heavy atom. The van der Waals surface area contributed by atoms with Crippen LogP contribution in [0.2, 0.25) is 0 Å². The van der Waals surface area contributed by atoms with Gasteiger partial charge in [0.2, 0.25) is 5.91 Å². The molecule has 1 aliphatic heterocycles. The summed E-state index contributed by atoms with van der Waals surface area (Å²) in [6.07, 6.45) is 7.42. The van der Waals surface area contributed by atoms with Gasteiger partial charge in [-0.25, -0.2) is 0 Å². The smallest absolute Gasteiger partial charge is 0.257 e. The van der Waals surface area contributed by atoms with E-state index < -0.39 is 0 Å². The molecule has 2 fully saturated rings. The first-order valence-electron chi connectivity index (χ1n) is 11.8. The van der Waals surface area contributed by atoms with E-state index in [1.165, 1.54) is 19.3 Å². The van der Waals surface area contributed by atoms with Gasteiger partial charge in [0.25, 0.3) is 5.91 Å². The topological polar surface area (TPSA) is 84.7 Å². The lowest BCUT2D eigenvalue weighted by Gasteiger charge is -2.33. The van der Waals surface area contributed by atoms with Gasteiger partial charge in [0.05, 0.1) is 22.7 Å². The van der Waals surface area contributed by atoms with Crippen molar-refractivity contribution >= 4 is 11.8 Å². The average molecular weight is 440 g/mol. The van der Waals surface area contributed by atoms with Crippen LogP contribution in [-0.4, -0.2) is 41.0 Å². The number of aromatic nitrogens is 1. The van der Waals surface area contributed by atoms with E-state index in [0.717, 1.165) is 36.9 Å². The minimum Gasteiger partial charge on any atom is -0.488 e. The van der Waals surface area contributed by atoms with Crippen molar-refractivity contribution in [1.82, 2.24) is 15.4 Å². The Kier molecular flexibility index (Phi) is 7.12. The Bertz CT molecular complexity index is 929. The SMILES string of the molecule is Cc1noc(C)c1COc1ccccc1C(=O)N1CCC[C@H](C(=O)NC2CCCCC2)C1. The maximum Gasteiger partial charge on any atom is 0.257 e. The minimum atomic E-state index is -0.148. The molecule has 7 nitrogen and oxygen atoms in total. The third-order valence-corrected chi connectivity index (χ3v) is 6.70. The molecule has 7 heteroatoms. The number of carbonyl (C=O) groups is 2. The Labute approximate surface area is 189 Å².